The maximum absolute atomic E-state index is 11.4. The predicted octanol–water partition coefficient (Wildman–Crippen LogP) is 1.32. The Morgan fingerprint density at radius 3 is 2.63 bits per heavy atom. The Balaban J connectivity index is 2.69. The van der Waals surface area contributed by atoms with E-state index < -0.39 is 6.04 Å². The zero-order valence-corrected chi connectivity index (χ0v) is 12.2. The normalized spacial score (nSPS) is 13.2. The van der Waals surface area contributed by atoms with Gasteiger partial charge in [-0.2, -0.15) is 0 Å². The first-order chi connectivity index (χ1) is 9.08. The summed E-state index contributed by atoms with van der Waals surface area (Å²) in [6, 6.07) is 7.30. The van der Waals surface area contributed by atoms with Crippen molar-refractivity contribution in [3.63, 3.8) is 0 Å². The third-order valence-corrected chi connectivity index (χ3v) is 3.31. The van der Waals surface area contributed by atoms with Crippen molar-refractivity contribution in [3.05, 3.63) is 35.4 Å². The Morgan fingerprint density at radius 1 is 1.47 bits per heavy atom. The number of oxime groups is 1. The molecule has 104 valence electrons. The molecule has 0 aromatic heterocycles. The first-order valence-corrected chi connectivity index (χ1v) is 7.11. The van der Waals surface area contributed by atoms with E-state index in [1.807, 2.05) is 31.2 Å². The van der Waals surface area contributed by atoms with E-state index >= 15 is 0 Å². The Bertz CT molecular complexity index is 446. The molecular weight excluding hydrogens is 262 g/mol. The highest BCUT2D eigenvalue weighted by atomic mass is 32.2. The monoisotopic (exact) mass is 281 g/mol. The van der Waals surface area contributed by atoms with E-state index in [4.69, 9.17) is 10.7 Å². The van der Waals surface area contributed by atoms with Crippen molar-refractivity contribution in [2.24, 2.45) is 10.9 Å². The lowest BCUT2D eigenvalue weighted by Gasteiger charge is -2.09. The number of nitrogens with two attached hydrogens (primary N) is 1. The molecule has 0 aliphatic rings. The molecule has 3 N–H and O–H groups in total. The fourth-order valence-electron chi connectivity index (χ4n) is 1.54. The van der Waals surface area contributed by atoms with Gasteiger partial charge in [-0.1, -0.05) is 41.2 Å². The molecule has 0 amide bonds. The van der Waals surface area contributed by atoms with Crippen molar-refractivity contribution in [1.29, 1.82) is 0 Å². The topological polar surface area (TPSA) is 76.7 Å². The van der Waals surface area contributed by atoms with Crippen molar-refractivity contribution in [1.82, 2.24) is 5.48 Å². The third-order valence-electron chi connectivity index (χ3n) is 2.61. The Hall–Kier alpha value is -1.37. The van der Waals surface area contributed by atoms with Gasteiger partial charge in [-0.25, -0.2) is 0 Å². The van der Waals surface area contributed by atoms with Crippen LogP contribution < -0.4 is 11.2 Å². The zero-order chi connectivity index (χ0) is 14.3. The van der Waals surface area contributed by atoms with E-state index in [0.29, 0.717) is 6.42 Å². The molecule has 5 nitrogen and oxygen atoms in total. The number of hydrogen-bond acceptors (Lipinski definition) is 6. The molecule has 19 heavy (non-hydrogen) atoms. The van der Waals surface area contributed by atoms with E-state index in [1.54, 1.807) is 13.3 Å². The summed E-state index contributed by atoms with van der Waals surface area (Å²) < 4.78 is 0. The fraction of sp³-hybridized carbons (Fsp3) is 0.385. The van der Waals surface area contributed by atoms with E-state index in [0.717, 1.165) is 28.6 Å². The quantitative estimate of drug-likeness (QED) is 0.607. The fourth-order valence-corrected chi connectivity index (χ4v) is 1.92. The molecule has 0 heterocycles. The van der Waals surface area contributed by atoms with E-state index in [-0.39, 0.29) is 5.12 Å². The minimum absolute atomic E-state index is 0.00393. The number of hydrogen-bond donors (Lipinski definition) is 2. The standard InChI is InChI=1S/C13H19N3O2S/c1-9(16-18-15-2)11-6-4-10(5-7-11)8-12(14)13(17)19-3/h4-7,12,15H,8,14H2,1-3H3/b16-9-. The molecule has 1 aromatic rings. The summed E-state index contributed by atoms with van der Waals surface area (Å²) in [7, 11) is 1.64. The molecule has 1 unspecified atom stereocenters. The summed E-state index contributed by atoms with van der Waals surface area (Å²) >= 11 is 1.16. The molecule has 0 bridgehead atoms. The molecule has 0 saturated carbocycles. The van der Waals surface area contributed by atoms with Crippen LogP contribution in [0.2, 0.25) is 0 Å². The highest BCUT2D eigenvalue weighted by molar-refractivity contribution is 8.13. The van der Waals surface area contributed by atoms with Crippen LogP contribution in [0.3, 0.4) is 0 Å². The van der Waals surface area contributed by atoms with E-state index in [1.165, 1.54) is 0 Å². The highest BCUT2D eigenvalue weighted by Crippen LogP contribution is 2.10. The van der Waals surface area contributed by atoms with Crippen LogP contribution in [-0.4, -0.2) is 30.2 Å². The molecule has 0 radical (unpaired) electrons. The smallest absolute Gasteiger partial charge is 0.205 e. The molecule has 1 aromatic carbocycles. The molecule has 0 saturated heterocycles. The largest absolute Gasteiger partial charge is 0.320 e. The maximum Gasteiger partial charge on any atom is 0.205 e. The number of thioether (sulfide) groups is 1. The van der Waals surface area contributed by atoms with Gasteiger partial charge in [0.1, 0.15) is 0 Å². The molecule has 1 atom stereocenters. The SMILES string of the molecule is CNO/N=C(/C)c1ccc(CC(N)C(=O)SC)cc1. The van der Waals surface area contributed by atoms with Crippen LogP contribution in [0.4, 0.5) is 0 Å². The van der Waals surface area contributed by atoms with Gasteiger partial charge in [-0.3, -0.25) is 9.73 Å². The van der Waals surface area contributed by atoms with Gasteiger partial charge in [-0.15, -0.1) is 5.48 Å². The summed E-state index contributed by atoms with van der Waals surface area (Å²) in [6.07, 6.45) is 2.29. The van der Waals surface area contributed by atoms with Crippen molar-refractivity contribution < 1.29 is 9.73 Å². The first-order valence-electron chi connectivity index (χ1n) is 5.88. The molecule has 6 heteroatoms. The minimum atomic E-state index is -0.455. The van der Waals surface area contributed by atoms with Crippen molar-refractivity contribution in [2.75, 3.05) is 13.3 Å². The number of carbonyl (C=O) groups is 1. The van der Waals surface area contributed by atoms with Gasteiger partial charge in [0, 0.05) is 7.05 Å². The van der Waals surface area contributed by atoms with Gasteiger partial charge >= 0.3 is 0 Å². The lowest BCUT2D eigenvalue weighted by molar-refractivity contribution is -0.112. The van der Waals surface area contributed by atoms with Gasteiger partial charge in [-0.05, 0) is 30.7 Å². The van der Waals surface area contributed by atoms with E-state index in [9.17, 15) is 4.79 Å². The zero-order valence-electron chi connectivity index (χ0n) is 11.3. The molecule has 0 aliphatic heterocycles. The number of hydroxylamine groups is 1. The lowest BCUT2D eigenvalue weighted by atomic mass is 10.0. The van der Waals surface area contributed by atoms with Gasteiger partial charge in [0.25, 0.3) is 0 Å². The molecule has 0 spiro atoms. The van der Waals surface area contributed by atoms with E-state index in [2.05, 4.69) is 10.6 Å². The first kappa shape index (κ1) is 15.7. The van der Waals surface area contributed by atoms with Crippen LogP contribution >= 0.6 is 11.8 Å². The Labute approximate surface area is 117 Å². The van der Waals surface area contributed by atoms with Crippen LogP contribution in [0.1, 0.15) is 18.1 Å². The Morgan fingerprint density at radius 2 is 2.11 bits per heavy atom. The molecular formula is C13H19N3O2S. The third kappa shape index (κ3) is 5.02. The van der Waals surface area contributed by atoms with Gasteiger partial charge in [0.05, 0.1) is 11.8 Å². The highest BCUT2D eigenvalue weighted by Gasteiger charge is 2.12. The van der Waals surface area contributed by atoms with Crippen molar-refractivity contribution in [3.8, 4) is 0 Å². The predicted molar refractivity (Wildman–Crippen MR) is 79.0 cm³/mol. The average molecular weight is 281 g/mol. The van der Waals surface area contributed by atoms with Gasteiger partial charge in [0.15, 0.2) is 0 Å². The molecule has 0 aliphatic carbocycles. The summed E-state index contributed by atoms with van der Waals surface area (Å²) in [5.41, 5.74) is 11.0. The van der Waals surface area contributed by atoms with Crippen LogP contribution in [0.5, 0.6) is 0 Å². The number of nitrogens with zero attached hydrogens (tertiary/aromatic N) is 1. The summed E-state index contributed by atoms with van der Waals surface area (Å²) in [4.78, 5) is 16.2. The van der Waals surface area contributed by atoms with Crippen LogP contribution in [0.25, 0.3) is 0 Å². The van der Waals surface area contributed by atoms with Crippen molar-refractivity contribution in [2.45, 2.75) is 19.4 Å². The van der Waals surface area contributed by atoms with Crippen LogP contribution in [0.15, 0.2) is 29.4 Å². The number of nitrogens with one attached hydrogen (secondary N) is 1. The number of benzene rings is 1. The van der Waals surface area contributed by atoms with Crippen LogP contribution in [0, 0.1) is 0 Å². The lowest BCUT2D eigenvalue weighted by Crippen LogP contribution is -2.30. The maximum atomic E-state index is 11.4. The second-order valence-corrected chi connectivity index (χ2v) is 4.81. The summed E-state index contributed by atoms with van der Waals surface area (Å²) in [6.45, 7) is 1.86. The van der Waals surface area contributed by atoms with Gasteiger partial charge < -0.3 is 5.73 Å². The van der Waals surface area contributed by atoms with Crippen LogP contribution in [-0.2, 0) is 16.2 Å². The number of rotatable bonds is 6. The molecule has 0 fully saturated rings. The number of carbonyl (C=O) groups excluding carboxylic acids is 1. The van der Waals surface area contributed by atoms with Crippen molar-refractivity contribution >= 4 is 22.6 Å². The summed E-state index contributed by atoms with van der Waals surface area (Å²) in [5, 5.41) is 3.87. The average Bonchev–Trinajstić information content (AvgIpc) is 2.44. The Kier molecular flexibility index (Phi) is 6.55. The minimum Gasteiger partial charge on any atom is -0.320 e. The second-order valence-electron chi connectivity index (χ2n) is 4.00. The molecule has 1 rings (SSSR count). The van der Waals surface area contributed by atoms with Gasteiger partial charge in [0.2, 0.25) is 5.12 Å². The summed E-state index contributed by atoms with van der Waals surface area (Å²) in [5.74, 6) is 0. The second kappa shape index (κ2) is 7.93.